The molecular weight excluding hydrogens is 240 g/mol. The van der Waals surface area contributed by atoms with Gasteiger partial charge in [-0.1, -0.05) is 12.8 Å². The second-order valence-electron chi connectivity index (χ2n) is 6.25. The fraction of sp³-hybridized carbons (Fsp3) is 0.933. The fourth-order valence-corrected chi connectivity index (χ4v) is 3.50. The molecule has 1 saturated heterocycles. The number of aliphatic hydroxyl groups is 1. The Balaban J connectivity index is 1.74. The number of nitrogens with two attached hydrogens (primary N) is 1. The van der Waals surface area contributed by atoms with Gasteiger partial charge in [-0.2, -0.15) is 0 Å². The number of carbonyl (C=O) groups excluding carboxylic acids is 1. The van der Waals surface area contributed by atoms with Gasteiger partial charge in [0.05, 0.1) is 0 Å². The van der Waals surface area contributed by atoms with Crippen molar-refractivity contribution in [3.63, 3.8) is 0 Å². The van der Waals surface area contributed by atoms with Crippen LogP contribution in [0, 0.1) is 11.8 Å². The van der Waals surface area contributed by atoms with Gasteiger partial charge in [0.2, 0.25) is 5.91 Å². The van der Waals surface area contributed by atoms with Crippen molar-refractivity contribution in [3.8, 4) is 0 Å². The molecule has 0 unspecified atom stereocenters. The van der Waals surface area contributed by atoms with Crippen LogP contribution in [0.1, 0.15) is 51.4 Å². The summed E-state index contributed by atoms with van der Waals surface area (Å²) in [6, 6.07) is 0.227. The number of amides is 1. The summed E-state index contributed by atoms with van der Waals surface area (Å²) in [4.78, 5) is 14.3. The molecule has 1 aliphatic heterocycles. The predicted octanol–water partition coefficient (Wildman–Crippen LogP) is 1.51. The molecule has 2 fully saturated rings. The summed E-state index contributed by atoms with van der Waals surface area (Å²) in [6.45, 7) is 2.01. The van der Waals surface area contributed by atoms with Gasteiger partial charge in [-0.05, 0) is 43.9 Å². The molecule has 3 N–H and O–H groups in total. The summed E-state index contributed by atoms with van der Waals surface area (Å²) >= 11 is 0. The minimum Gasteiger partial charge on any atom is -0.396 e. The first-order valence-corrected chi connectivity index (χ1v) is 7.85. The van der Waals surface area contributed by atoms with Crippen LogP contribution in [-0.2, 0) is 4.79 Å². The maximum Gasteiger partial charge on any atom is 0.222 e. The summed E-state index contributed by atoms with van der Waals surface area (Å²) in [5.41, 5.74) is 6.12. The first-order chi connectivity index (χ1) is 9.20. The highest BCUT2D eigenvalue weighted by atomic mass is 16.3. The van der Waals surface area contributed by atoms with Crippen LogP contribution in [0.15, 0.2) is 0 Å². The monoisotopic (exact) mass is 268 g/mol. The molecule has 0 aromatic heterocycles. The van der Waals surface area contributed by atoms with E-state index >= 15 is 0 Å². The third-order valence-corrected chi connectivity index (χ3v) is 4.91. The zero-order valence-electron chi connectivity index (χ0n) is 11.9. The predicted molar refractivity (Wildman–Crippen MR) is 75.6 cm³/mol. The Morgan fingerprint density at radius 3 is 2.47 bits per heavy atom. The Morgan fingerprint density at radius 1 is 1.16 bits per heavy atom. The number of rotatable bonds is 4. The molecule has 2 atom stereocenters. The molecule has 0 aromatic rings. The van der Waals surface area contributed by atoms with Crippen molar-refractivity contribution in [1.82, 2.24) is 4.90 Å². The summed E-state index contributed by atoms with van der Waals surface area (Å²) in [5.74, 6) is 1.30. The van der Waals surface area contributed by atoms with Crippen LogP contribution in [0.3, 0.4) is 0 Å². The van der Waals surface area contributed by atoms with Crippen molar-refractivity contribution >= 4 is 5.91 Å². The van der Waals surface area contributed by atoms with Crippen LogP contribution in [0.2, 0.25) is 0 Å². The summed E-state index contributed by atoms with van der Waals surface area (Å²) in [5, 5.41) is 8.94. The smallest absolute Gasteiger partial charge is 0.222 e. The Bertz CT molecular complexity index is 288. The van der Waals surface area contributed by atoms with Gasteiger partial charge in [0, 0.05) is 32.2 Å². The van der Waals surface area contributed by atoms with Crippen molar-refractivity contribution in [2.75, 3.05) is 19.7 Å². The fourth-order valence-electron chi connectivity index (χ4n) is 3.50. The van der Waals surface area contributed by atoms with E-state index in [-0.39, 0.29) is 12.6 Å². The van der Waals surface area contributed by atoms with Crippen molar-refractivity contribution < 1.29 is 9.90 Å². The third kappa shape index (κ3) is 4.18. The zero-order valence-corrected chi connectivity index (χ0v) is 11.9. The van der Waals surface area contributed by atoms with Crippen molar-refractivity contribution in [1.29, 1.82) is 0 Å². The third-order valence-electron chi connectivity index (χ3n) is 4.91. The second kappa shape index (κ2) is 7.25. The van der Waals surface area contributed by atoms with Gasteiger partial charge in [-0.15, -0.1) is 0 Å². The van der Waals surface area contributed by atoms with Gasteiger partial charge in [-0.25, -0.2) is 0 Å². The van der Waals surface area contributed by atoms with Gasteiger partial charge in [-0.3, -0.25) is 4.79 Å². The van der Waals surface area contributed by atoms with Crippen LogP contribution >= 0.6 is 0 Å². The lowest BCUT2D eigenvalue weighted by molar-refractivity contribution is -0.134. The molecule has 1 amide bonds. The largest absolute Gasteiger partial charge is 0.396 e. The minimum absolute atomic E-state index is 0.227. The summed E-state index contributed by atoms with van der Waals surface area (Å²) in [7, 11) is 0. The van der Waals surface area contributed by atoms with Crippen LogP contribution < -0.4 is 5.73 Å². The van der Waals surface area contributed by atoms with E-state index in [2.05, 4.69) is 0 Å². The SMILES string of the molecule is N[C@@H]1CCCC[C@@H]1CC(=O)N1CCC(CCO)CC1. The summed E-state index contributed by atoms with van der Waals surface area (Å²) < 4.78 is 0. The number of aliphatic hydroxyl groups excluding tert-OH is 1. The highest BCUT2D eigenvalue weighted by Gasteiger charge is 2.28. The minimum atomic E-state index is 0.227. The molecule has 2 aliphatic rings. The molecular formula is C15H28N2O2. The molecule has 19 heavy (non-hydrogen) atoms. The van der Waals surface area contributed by atoms with E-state index in [4.69, 9.17) is 10.8 Å². The molecule has 1 saturated carbocycles. The lowest BCUT2D eigenvalue weighted by atomic mass is 9.82. The maximum absolute atomic E-state index is 12.3. The van der Waals surface area contributed by atoms with E-state index in [1.165, 1.54) is 12.8 Å². The van der Waals surface area contributed by atoms with E-state index in [1.54, 1.807) is 0 Å². The van der Waals surface area contributed by atoms with Crippen LogP contribution in [0.4, 0.5) is 0 Å². The first kappa shape index (κ1) is 14.8. The van der Waals surface area contributed by atoms with Gasteiger partial charge in [0.1, 0.15) is 0 Å². The van der Waals surface area contributed by atoms with E-state index in [0.29, 0.717) is 24.2 Å². The van der Waals surface area contributed by atoms with Gasteiger partial charge < -0.3 is 15.7 Å². The van der Waals surface area contributed by atoms with Crippen molar-refractivity contribution in [2.24, 2.45) is 17.6 Å². The van der Waals surface area contributed by atoms with Gasteiger partial charge in [0.25, 0.3) is 0 Å². The van der Waals surface area contributed by atoms with Crippen LogP contribution in [0.25, 0.3) is 0 Å². The zero-order chi connectivity index (χ0) is 13.7. The first-order valence-electron chi connectivity index (χ1n) is 7.85. The van der Waals surface area contributed by atoms with Crippen molar-refractivity contribution in [2.45, 2.75) is 57.4 Å². The highest BCUT2D eigenvalue weighted by Crippen LogP contribution is 2.27. The molecule has 4 heteroatoms. The molecule has 0 spiro atoms. The lowest BCUT2D eigenvalue weighted by Gasteiger charge is -2.34. The van der Waals surface area contributed by atoms with E-state index in [9.17, 15) is 4.79 Å². The topological polar surface area (TPSA) is 66.6 Å². The summed E-state index contributed by atoms with van der Waals surface area (Å²) in [6.07, 6.45) is 8.26. The van der Waals surface area contributed by atoms with Crippen molar-refractivity contribution in [3.05, 3.63) is 0 Å². The Labute approximate surface area is 116 Å². The quantitative estimate of drug-likeness (QED) is 0.812. The lowest BCUT2D eigenvalue weighted by Crippen LogP contribution is -2.42. The normalized spacial score (nSPS) is 29.5. The molecule has 2 rings (SSSR count). The molecule has 4 nitrogen and oxygen atoms in total. The average molecular weight is 268 g/mol. The van der Waals surface area contributed by atoms with E-state index in [1.807, 2.05) is 4.90 Å². The number of hydrogen-bond donors (Lipinski definition) is 2. The number of carbonyl (C=O) groups is 1. The van der Waals surface area contributed by atoms with Gasteiger partial charge in [0.15, 0.2) is 0 Å². The molecule has 110 valence electrons. The molecule has 0 aromatic carbocycles. The Kier molecular flexibility index (Phi) is 5.64. The van der Waals surface area contributed by atoms with E-state index < -0.39 is 0 Å². The number of piperidine rings is 1. The number of likely N-dealkylation sites (tertiary alicyclic amines) is 1. The Morgan fingerprint density at radius 2 is 1.84 bits per heavy atom. The average Bonchev–Trinajstić information content (AvgIpc) is 2.42. The Hall–Kier alpha value is -0.610. The highest BCUT2D eigenvalue weighted by molar-refractivity contribution is 5.76. The second-order valence-corrected chi connectivity index (χ2v) is 6.25. The van der Waals surface area contributed by atoms with Gasteiger partial charge >= 0.3 is 0 Å². The van der Waals surface area contributed by atoms with Crippen LogP contribution in [-0.4, -0.2) is 41.7 Å². The standard InChI is InChI=1S/C15H28N2O2/c16-14-4-2-1-3-13(14)11-15(19)17-8-5-12(6-9-17)7-10-18/h12-14,18H,1-11,16H2/t13-,14-/m1/s1. The molecule has 1 aliphatic carbocycles. The van der Waals surface area contributed by atoms with E-state index in [0.717, 1.165) is 45.2 Å². The van der Waals surface area contributed by atoms with Crippen LogP contribution in [0.5, 0.6) is 0 Å². The molecule has 0 bridgehead atoms. The number of nitrogens with zero attached hydrogens (tertiary/aromatic N) is 1. The maximum atomic E-state index is 12.3. The molecule has 1 heterocycles. The number of hydrogen-bond acceptors (Lipinski definition) is 3. The molecule has 0 radical (unpaired) electrons.